The fraction of sp³-hybridized carbons (Fsp3) is 0.182. The Morgan fingerprint density at radius 2 is 1.50 bits per heavy atom. The first kappa shape index (κ1) is 24.1. The van der Waals surface area contributed by atoms with Crippen molar-refractivity contribution in [2.45, 2.75) is 25.7 Å². The molecule has 2 aromatic carbocycles. The van der Waals surface area contributed by atoms with Crippen LogP contribution in [0.4, 0.5) is 32.0 Å². The van der Waals surface area contributed by atoms with Crippen molar-refractivity contribution in [3.05, 3.63) is 85.5 Å². The van der Waals surface area contributed by atoms with Gasteiger partial charge in [-0.2, -0.15) is 26.3 Å². The van der Waals surface area contributed by atoms with E-state index in [9.17, 15) is 35.9 Å². The van der Waals surface area contributed by atoms with Crippen molar-refractivity contribution < 1.29 is 35.9 Å². The van der Waals surface area contributed by atoms with Crippen LogP contribution in [-0.4, -0.2) is 21.8 Å². The Labute approximate surface area is 202 Å². The molecule has 0 unspecified atom stereocenters. The Morgan fingerprint density at radius 3 is 2.03 bits per heavy atom. The fourth-order valence-corrected chi connectivity index (χ4v) is 4.32. The minimum Gasteiger partial charge on any atom is -0.268 e. The second kappa shape index (κ2) is 8.32. The lowest BCUT2D eigenvalue weighted by Crippen LogP contribution is -2.30. The van der Waals surface area contributed by atoms with Gasteiger partial charge in [-0.1, -0.05) is 18.2 Å². The van der Waals surface area contributed by atoms with Gasteiger partial charge in [0.1, 0.15) is 17.2 Å². The second-order valence-electron chi connectivity index (χ2n) is 7.46. The van der Waals surface area contributed by atoms with Crippen LogP contribution in [0.5, 0.6) is 0 Å². The summed E-state index contributed by atoms with van der Waals surface area (Å²) in [7, 11) is 0. The van der Waals surface area contributed by atoms with Crippen LogP contribution in [0, 0.1) is 10.5 Å². The summed E-state index contributed by atoms with van der Waals surface area (Å²) in [5.74, 6) is -1.70. The van der Waals surface area contributed by atoms with Gasteiger partial charge in [0, 0.05) is 9.99 Å². The maximum absolute atomic E-state index is 13.1. The van der Waals surface area contributed by atoms with Crippen LogP contribution in [0.1, 0.15) is 49.1 Å². The highest BCUT2D eigenvalue weighted by Gasteiger charge is 2.40. The Kier molecular flexibility index (Phi) is 5.90. The van der Waals surface area contributed by atoms with Crippen LogP contribution < -0.4 is 4.90 Å². The number of amides is 2. The van der Waals surface area contributed by atoms with Crippen molar-refractivity contribution in [3.63, 3.8) is 0 Å². The molecule has 1 aliphatic heterocycles. The molecule has 34 heavy (non-hydrogen) atoms. The van der Waals surface area contributed by atoms with Crippen LogP contribution in [0.15, 0.2) is 42.5 Å². The summed E-state index contributed by atoms with van der Waals surface area (Å²) < 4.78 is 78.9. The zero-order chi connectivity index (χ0) is 25.0. The van der Waals surface area contributed by atoms with E-state index in [1.165, 1.54) is 24.3 Å². The van der Waals surface area contributed by atoms with Crippen molar-refractivity contribution in [1.82, 2.24) is 9.97 Å². The van der Waals surface area contributed by atoms with E-state index < -0.39 is 47.8 Å². The van der Waals surface area contributed by atoms with Crippen molar-refractivity contribution >= 4 is 40.1 Å². The van der Waals surface area contributed by atoms with Gasteiger partial charge in [0.05, 0.1) is 16.8 Å². The van der Waals surface area contributed by atoms with E-state index in [1.807, 2.05) is 22.6 Å². The summed E-state index contributed by atoms with van der Waals surface area (Å²) in [5, 5.41) is 0. The summed E-state index contributed by atoms with van der Waals surface area (Å²) in [6.07, 6.45) is -10.6. The molecule has 4 rings (SSSR count). The topological polar surface area (TPSA) is 63.2 Å². The fourth-order valence-electron chi connectivity index (χ4n) is 3.59. The first-order valence-corrected chi connectivity index (χ1v) is 10.6. The third-order valence-electron chi connectivity index (χ3n) is 5.08. The van der Waals surface area contributed by atoms with E-state index in [2.05, 4.69) is 9.97 Å². The van der Waals surface area contributed by atoms with Crippen molar-refractivity contribution in [2.75, 3.05) is 4.90 Å². The average Bonchev–Trinajstić information content (AvgIpc) is 2.98. The zero-order valence-electron chi connectivity index (χ0n) is 17.1. The molecule has 0 radical (unpaired) electrons. The maximum Gasteiger partial charge on any atom is 0.433 e. The molecular formula is C22H12F6IN3O2. The number of rotatable bonds is 3. The van der Waals surface area contributed by atoms with Crippen molar-refractivity contribution in [2.24, 2.45) is 0 Å². The van der Waals surface area contributed by atoms with Gasteiger partial charge in [0.15, 0.2) is 0 Å². The van der Waals surface area contributed by atoms with Crippen LogP contribution in [0.3, 0.4) is 0 Å². The predicted octanol–water partition coefficient (Wildman–Crippen LogP) is 5.82. The standard InChI is InChI=1S/C22H12F6IN3O2/c1-10-7-11(8-17-30-15(21(23,24)25)9-16(31-17)22(26,27)28)5-6-14(10)32-19(33)12-3-2-4-13(29)18(12)20(32)34/h2-7,9H,8H2,1H3. The van der Waals surface area contributed by atoms with Crippen molar-refractivity contribution in [3.8, 4) is 0 Å². The minimum absolute atomic E-state index is 0.137. The Balaban J connectivity index is 1.68. The largest absolute Gasteiger partial charge is 0.433 e. The number of imide groups is 1. The molecule has 0 atom stereocenters. The number of alkyl halides is 6. The summed E-state index contributed by atoms with van der Waals surface area (Å²) in [4.78, 5) is 33.2. The molecule has 1 aliphatic rings. The molecule has 0 bridgehead atoms. The number of fused-ring (bicyclic) bond motifs is 1. The summed E-state index contributed by atoms with van der Waals surface area (Å²) in [6.45, 7) is 1.57. The van der Waals surface area contributed by atoms with Crippen molar-refractivity contribution in [1.29, 1.82) is 0 Å². The molecule has 12 heteroatoms. The maximum atomic E-state index is 13.1. The lowest BCUT2D eigenvalue weighted by molar-refractivity contribution is -0.147. The number of anilines is 1. The molecule has 2 heterocycles. The molecule has 0 aliphatic carbocycles. The number of benzene rings is 2. The zero-order valence-corrected chi connectivity index (χ0v) is 19.2. The molecule has 3 aromatic rings. The molecule has 1 aromatic heterocycles. The van der Waals surface area contributed by atoms with E-state index in [0.717, 1.165) is 4.90 Å². The van der Waals surface area contributed by atoms with Crippen LogP contribution in [-0.2, 0) is 18.8 Å². The SMILES string of the molecule is Cc1cc(Cc2nc(C(F)(F)F)cc(C(F)(F)F)n2)ccc1N1C(=O)c2cccc(I)c2C1=O. The molecule has 2 amide bonds. The van der Waals surface area contributed by atoms with Gasteiger partial charge in [0.2, 0.25) is 0 Å². The van der Waals surface area contributed by atoms with Gasteiger partial charge in [0.25, 0.3) is 11.8 Å². The molecule has 5 nitrogen and oxygen atoms in total. The number of nitrogens with zero attached hydrogens (tertiary/aromatic N) is 3. The van der Waals surface area contributed by atoms with Crippen LogP contribution in [0.2, 0.25) is 0 Å². The van der Waals surface area contributed by atoms with Gasteiger partial charge in [-0.3, -0.25) is 9.59 Å². The van der Waals surface area contributed by atoms with Gasteiger partial charge < -0.3 is 0 Å². The summed E-state index contributed by atoms with van der Waals surface area (Å²) in [6, 6.07) is 9.00. The van der Waals surface area contributed by atoms with E-state index >= 15 is 0 Å². The van der Waals surface area contributed by atoms with Gasteiger partial charge >= 0.3 is 12.4 Å². The number of hydrogen-bond donors (Lipinski definition) is 0. The molecule has 176 valence electrons. The monoisotopic (exact) mass is 591 g/mol. The predicted molar refractivity (Wildman–Crippen MR) is 116 cm³/mol. The van der Waals surface area contributed by atoms with E-state index in [0.29, 0.717) is 14.7 Å². The average molecular weight is 591 g/mol. The second-order valence-corrected chi connectivity index (χ2v) is 8.62. The quantitative estimate of drug-likeness (QED) is 0.219. The number of halogens is 7. The lowest BCUT2D eigenvalue weighted by Gasteiger charge is -2.18. The number of aromatic nitrogens is 2. The summed E-state index contributed by atoms with van der Waals surface area (Å²) >= 11 is 1.95. The van der Waals surface area contributed by atoms with E-state index in [1.54, 1.807) is 19.1 Å². The Bertz CT molecular complexity index is 1300. The highest BCUT2D eigenvalue weighted by molar-refractivity contribution is 14.1. The minimum atomic E-state index is -5.08. The van der Waals surface area contributed by atoms with Gasteiger partial charge in [-0.05, 0) is 64.9 Å². The summed E-state index contributed by atoms with van der Waals surface area (Å²) in [5.41, 5.74) is -1.89. The Morgan fingerprint density at radius 1 is 0.882 bits per heavy atom. The normalized spacial score (nSPS) is 14.1. The van der Waals surface area contributed by atoms with Gasteiger partial charge in [-0.25, -0.2) is 14.9 Å². The third-order valence-corrected chi connectivity index (χ3v) is 5.98. The number of aryl methyl sites for hydroxylation is 1. The molecule has 0 spiro atoms. The highest BCUT2D eigenvalue weighted by atomic mass is 127. The smallest absolute Gasteiger partial charge is 0.268 e. The molecule has 0 saturated carbocycles. The number of hydrogen-bond acceptors (Lipinski definition) is 4. The van der Waals surface area contributed by atoms with Gasteiger partial charge in [-0.15, -0.1) is 0 Å². The van der Waals surface area contributed by atoms with E-state index in [4.69, 9.17) is 0 Å². The first-order valence-electron chi connectivity index (χ1n) is 9.56. The van der Waals surface area contributed by atoms with Crippen LogP contribution >= 0.6 is 22.6 Å². The number of carbonyl (C=O) groups is 2. The molecule has 0 N–H and O–H groups in total. The molecule has 0 saturated heterocycles. The van der Waals surface area contributed by atoms with Crippen LogP contribution in [0.25, 0.3) is 0 Å². The molecular weight excluding hydrogens is 579 g/mol. The Hall–Kier alpha value is -3.03. The number of carbonyl (C=O) groups excluding carboxylic acids is 2. The third kappa shape index (κ3) is 4.38. The highest BCUT2D eigenvalue weighted by Crippen LogP contribution is 2.35. The van der Waals surface area contributed by atoms with E-state index in [-0.39, 0.29) is 22.9 Å². The lowest BCUT2D eigenvalue weighted by atomic mass is 10.1. The molecule has 0 fully saturated rings. The first-order chi connectivity index (χ1) is 15.8.